The summed E-state index contributed by atoms with van der Waals surface area (Å²) in [5.41, 5.74) is 3.80. The monoisotopic (exact) mass is 418 g/mol. The van der Waals surface area contributed by atoms with E-state index in [1.54, 1.807) is 0 Å². The van der Waals surface area contributed by atoms with Gasteiger partial charge in [-0.25, -0.2) is 8.42 Å². The van der Waals surface area contributed by atoms with Gasteiger partial charge in [0.05, 0.1) is 18.5 Å². The summed E-state index contributed by atoms with van der Waals surface area (Å²) in [6, 6.07) is 13.4. The van der Waals surface area contributed by atoms with Gasteiger partial charge in [0.1, 0.15) is 12.4 Å². The largest absolute Gasteiger partial charge is 0.492 e. The standard InChI is InChI=1S/C22H30N2O4S/c1-17-7-9-21(10-8-17)28-13-11-23-22(25)6-5-12-24(29(4,26)27)20-15-18(2)14-19(3)16-20/h7-10,14-16H,5-6,11-13H2,1-4H3,(H,23,25). The molecule has 1 N–H and O–H groups in total. The number of amides is 1. The Labute approximate surface area is 173 Å². The number of sulfonamides is 1. The molecule has 2 rings (SSSR count). The molecule has 0 aliphatic rings. The molecule has 2 aromatic rings. The molecule has 158 valence electrons. The molecule has 6 nitrogen and oxygen atoms in total. The zero-order valence-electron chi connectivity index (χ0n) is 17.6. The highest BCUT2D eigenvalue weighted by molar-refractivity contribution is 7.92. The van der Waals surface area contributed by atoms with E-state index in [1.807, 2.05) is 63.2 Å². The first-order valence-corrected chi connectivity index (χ1v) is 11.5. The SMILES string of the molecule is Cc1ccc(OCCNC(=O)CCCN(c2cc(C)cc(C)c2)S(C)(=O)=O)cc1. The van der Waals surface area contributed by atoms with Crippen molar-refractivity contribution < 1.29 is 17.9 Å². The van der Waals surface area contributed by atoms with Crippen LogP contribution in [0.15, 0.2) is 42.5 Å². The van der Waals surface area contributed by atoms with E-state index >= 15 is 0 Å². The Kier molecular flexibility index (Phi) is 8.08. The number of benzene rings is 2. The van der Waals surface area contributed by atoms with Crippen LogP contribution in [0, 0.1) is 20.8 Å². The Hall–Kier alpha value is -2.54. The minimum Gasteiger partial charge on any atom is -0.492 e. The summed E-state index contributed by atoms with van der Waals surface area (Å²) in [7, 11) is -3.42. The van der Waals surface area contributed by atoms with Crippen molar-refractivity contribution in [2.24, 2.45) is 0 Å². The first kappa shape index (κ1) is 22.7. The second-order valence-electron chi connectivity index (χ2n) is 7.30. The summed E-state index contributed by atoms with van der Waals surface area (Å²) in [5, 5.41) is 2.80. The van der Waals surface area contributed by atoms with Gasteiger partial charge >= 0.3 is 0 Å². The molecule has 0 saturated heterocycles. The fourth-order valence-corrected chi connectivity index (χ4v) is 4.00. The summed E-state index contributed by atoms with van der Waals surface area (Å²) >= 11 is 0. The van der Waals surface area contributed by atoms with Crippen LogP contribution in [0.2, 0.25) is 0 Å². The van der Waals surface area contributed by atoms with Crippen molar-refractivity contribution in [3.63, 3.8) is 0 Å². The number of nitrogens with zero attached hydrogens (tertiary/aromatic N) is 1. The molecular weight excluding hydrogens is 388 g/mol. The first-order chi connectivity index (χ1) is 13.6. The molecule has 0 heterocycles. The molecule has 2 aromatic carbocycles. The van der Waals surface area contributed by atoms with E-state index < -0.39 is 10.0 Å². The van der Waals surface area contributed by atoms with E-state index in [0.29, 0.717) is 25.3 Å². The van der Waals surface area contributed by atoms with Gasteiger partial charge in [-0.1, -0.05) is 23.8 Å². The van der Waals surface area contributed by atoms with Crippen LogP contribution in [0.1, 0.15) is 29.5 Å². The van der Waals surface area contributed by atoms with E-state index in [4.69, 9.17) is 4.74 Å². The van der Waals surface area contributed by atoms with Crippen molar-refractivity contribution in [1.29, 1.82) is 0 Å². The van der Waals surface area contributed by atoms with E-state index in [9.17, 15) is 13.2 Å². The predicted molar refractivity (Wildman–Crippen MR) is 117 cm³/mol. The maximum absolute atomic E-state index is 12.2. The molecule has 29 heavy (non-hydrogen) atoms. The van der Waals surface area contributed by atoms with Crippen LogP contribution in [0.3, 0.4) is 0 Å². The molecule has 0 atom stereocenters. The molecule has 0 radical (unpaired) electrons. The number of carbonyl (C=O) groups excluding carboxylic acids is 1. The fraction of sp³-hybridized carbons (Fsp3) is 0.409. The van der Waals surface area contributed by atoms with Gasteiger partial charge in [-0.3, -0.25) is 9.10 Å². The minimum absolute atomic E-state index is 0.119. The number of nitrogens with one attached hydrogen (secondary N) is 1. The van der Waals surface area contributed by atoms with Crippen molar-refractivity contribution in [2.45, 2.75) is 33.6 Å². The smallest absolute Gasteiger partial charge is 0.232 e. The number of carbonyl (C=O) groups is 1. The second kappa shape index (κ2) is 10.3. The van der Waals surface area contributed by atoms with Gasteiger partial charge in [-0.2, -0.15) is 0 Å². The van der Waals surface area contributed by atoms with Gasteiger partial charge in [0.2, 0.25) is 15.9 Å². The van der Waals surface area contributed by atoms with Crippen LogP contribution in [0.5, 0.6) is 5.75 Å². The van der Waals surface area contributed by atoms with Gasteiger partial charge in [0, 0.05) is 13.0 Å². The van der Waals surface area contributed by atoms with Gasteiger partial charge in [0.25, 0.3) is 0 Å². The highest BCUT2D eigenvalue weighted by atomic mass is 32.2. The molecule has 0 aliphatic heterocycles. The second-order valence-corrected chi connectivity index (χ2v) is 9.20. The summed E-state index contributed by atoms with van der Waals surface area (Å²) in [6.45, 7) is 6.92. The zero-order chi connectivity index (χ0) is 21.4. The Morgan fingerprint density at radius 2 is 1.62 bits per heavy atom. The lowest BCUT2D eigenvalue weighted by Gasteiger charge is -2.23. The minimum atomic E-state index is -3.42. The van der Waals surface area contributed by atoms with Gasteiger partial charge < -0.3 is 10.1 Å². The summed E-state index contributed by atoms with van der Waals surface area (Å²) in [4.78, 5) is 12.0. The lowest BCUT2D eigenvalue weighted by atomic mass is 10.1. The molecule has 0 spiro atoms. The molecule has 0 bridgehead atoms. The summed E-state index contributed by atoms with van der Waals surface area (Å²) in [5.74, 6) is 0.647. The van der Waals surface area contributed by atoms with Crippen molar-refractivity contribution in [3.8, 4) is 5.75 Å². The lowest BCUT2D eigenvalue weighted by molar-refractivity contribution is -0.121. The number of ether oxygens (including phenoxy) is 1. The topological polar surface area (TPSA) is 75.7 Å². The Morgan fingerprint density at radius 3 is 2.21 bits per heavy atom. The number of anilines is 1. The lowest BCUT2D eigenvalue weighted by Crippen LogP contribution is -2.33. The maximum Gasteiger partial charge on any atom is 0.232 e. The third-order valence-electron chi connectivity index (χ3n) is 4.37. The molecule has 7 heteroatoms. The first-order valence-electron chi connectivity index (χ1n) is 9.67. The summed E-state index contributed by atoms with van der Waals surface area (Å²) < 4.78 is 31.3. The fourth-order valence-electron chi connectivity index (χ4n) is 3.05. The Balaban J connectivity index is 1.78. The third kappa shape index (κ3) is 7.77. The van der Waals surface area contributed by atoms with Gasteiger partial charge in [-0.05, 0) is 62.6 Å². The Morgan fingerprint density at radius 1 is 1.00 bits per heavy atom. The molecule has 0 aromatic heterocycles. The van der Waals surface area contributed by atoms with Crippen LogP contribution >= 0.6 is 0 Å². The predicted octanol–water partition coefficient (Wildman–Crippen LogP) is 3.35. The van der Waals surface area contributed by atoms with Gasteiger partial charge in [0.15, 0.2) is 0 Å². The Bertz CT molecular complexity index is 904. The van der Waals surface area contributed by atoms with E-state index in [2.05, 4.69) is 5.32 Å². The third-order valence-corrected chi connectivity index (χ3v) is 5.57. The molecule has 0 fully saturated rings. The highest BCUT2D eigenvalue weighted by Gasteiger charge is 2.18. The number of rotatable bonds is 10. The number of hydrogen-bond donors (Lipinski definition) is 1. The van der Waals surface area contributed by atoms with E-state index in [-0.39, 0.29) is 18.9 Å². The molecule has 0 aliphatic carbocycles. The van der Waals surface area contributed by atoms with Gasteiger partial charge in [-0.15, -0.1) is 0 Å². The average Bonchev–Trinajstić information content (AvgIpc) is 2.62. The van der Waals surface area contributed by atoms with E-state index in [1.165, 1.54) is 10.6 Å². The molecule has 0 unspecified atom stereocenters. The van der Waals surface area contributed by atoms with Crippen LogP contribution in [-0.4, -0.2) is 40.3 Å². The highest BCUT2D eigenvalue weighted by Crippen LogP contribution is 2.21. The molecule has 1 amide bonds. The molecule has 0 saturated carbocycles. The van der Waals surface area contributed by atoms with Crippen LogP contribution in [0.25, 0.3) is 0 Å². The number of aryl methyl sites for hydroxylation is 3. The van der Waals surface area contributed by atoms with E-state index in [0.717, 1.165) is 22.4 Å². The number of hydrogen-bond acceptors (Lipinski definition) is 4. The summed E-state index contributed by atoms with van der Waals surface area (Å²) in [6.07, 6.45) is 1.87. The molecular formula is C22H30N2O4S. The quantitative estimate of drug-likeness (QED) is 0.601. The van der Waals surface area contributed by atoms with Crippen molar-refractivity contribution in [2.75, 3.05) is 30.3 Å². The van der Waals surface area contributed by atoms with Crippen LogP contribution < -0.4 is 14.4 Å². The van der Waals surface area contributed by atoms with Crippen LogP contribution in [-0.2, 0) is 14.8 Å². The van der Waals surface area contributed by atoms with Crippen molar-refractivity contribution >= 4 is 21.6 Å². The van der Waals surface area contributed by atoms with Crippen molar-refractivity contribution in [3.05, 3.63) is 59.2 Å². The average molecular weight is 419 g/mol. The van der Waals surface area contributed by atoms with Crippen molar-refractivity contribution in [1.82, 2.24) is 5.32 Å². The maximum atomic E-state index is 12.2. The van der Waals surface area contributed by atoms with Crippen LogP contribution in [0.4, 0.5) is 5.69 Å². The normalized spacial score (nSPS) is 11.2. The zero-order valence-corrected chi connectivity index (χ0v) is 18.4.